The second kappa shape index (κ2) is 9.23. The van der Waals surface area contributed by atoms with E-state index in [9.17, 15) is 12.8 Å². The number of rotatable bonds is 7. The van der Waals surface area contributed by atoms with Crippen LogP contribution in [0.25, 0.3) is 17.1 Å². The first-order valence-electron chi connectivity index (χ1n) is 9.77. The van der Waals surface area contributed by atoms with Crippen LogP contribution in [0.2, 0.25) is 0 Å². The Morgan fingerprint density at radius 1 is 0.938 bits per heavy atom. The second-order valence-corrected chi connectivity index (χ2v) is 10.3. The van der Waals surface area contributed by atoms with Crippen molar-refractivity contribution in [2.75, 3.05) is 14.1 Å². The number of aromatic nitrogens is 3. The van der Waals surface area contributed by atoms with Gasteiger partial charge in [-0.05, 0) is 42.0 Å². The lowest BCUT2D eigenvalue weighted by Crippen LogP contribution is -2.22. The number of halogens is 1. The highest BCUT2D eigenvalue weighted by Crippen LogP contribution is 2.30. The summed E-state index contributed by atoms with van der Waals surface area (Å²) < 4.78 is 41.5. The maximum Gasteiger partial charge on any atom is 0.242 e. The van der Waals surface area contributed by atoms with Crippen LogP contribution in [0.5, 0.6) is 0 Å². The lowest BCUT2D eigenvalue weighted by molar-refractivity contribution is 0.520. The van der Waals surface area contributed by atoms with Crippen molar-refractivity contribution in [1.29, 1.82) is 0 Å². The largest absolute Gasteiger partial charge is 0.270 e. The van der Waals surface area contributed by atoms with E-state index in [1.807, 2.05) is 41.0 Å². The molecular formula is C23H21FN4O2S2. The number of sulfonamides is 1. The number of benzene rings is 3. The summed E-state index contributed by atoms with van der Waals surface area (Å²) >= 11 is 1.43. The van der Waals surface area contributed by atoms with E-state index < -0.39 is 10.0 Å². The second-order valence-electron chi connectivity index (χ2n) is 7.21. The van der Waals surface area contributed by atoms with Gasteiger partial charge < -0.3 is 0 Å². The molecule has 0 atom stereocenters. The molecule has 4 rings (SSSR count). The van der Waals surface area contributed by atoms with Crippen LogP contribution in [-0.4, -0.2) is 41.6 Å². The van der Waals surface area contributed by atoms with Crippen molar-refractivity contribution >= 4 is 21.8 Å². The molecule has 0 aliphatic heterocycles. The molecule has 0 spiro atoms. The normalized spacial score (nSPS) is 11.8. The van der Waals surface area contributed by atoms with Crippen LogP contribution in [0.1, 0.15) is 5.56 Å². The molecule has 0 saturated carbocycles. The van der Waals surface area contributed by atoms with Crippen LogP contribution in [0.4, 0.5) is 4.39 Å². The van der Waals surface area contributed by atoms with E-state index in [1.54, 1.807) is 30.3 Å². The fourth-order valence-electron chi connectivity index (χ4n) is 3.11. The third-order valence-electron chi connectivity index (χ3n) is 4.80. The molecule has 0 aliphatic carbocycles. The SMILES string of the molecule is CN(C)S(=O)(=O)c1cccc(CSc2nnc(-c3ccccc3)n2-c2ccc(F)cc2)c1. The van der Waals surface area contributed by atoms with Gasteiger partial charge in [-0.2, -0.15) is 0 Å². The van der Waals surface area contributed by atoms with Gasteiger partial charge in [0.05, 0.1) is 4.90 Å². The summed E-state index contributed by atoms with van der Waals surface area (Å²) in [4.78, 5) is 0.241. The fourth-order valence-corrected chi connectivity index (χ4v) is 4.98. The molecule has 3 aromatic carbocycles. The molecule has 0 amide bonds. The van der Waals surface area contributed by atoms with Crippen LogP contribution >= 0.6 is 11.8 Å². The average molecular weight is 469 g/mol. The van der Waals surface area contributed by atoms with Gasteiger partial charge in [0.25, 0.3) is 0 Å². The van der Waals surface area contributed by atoms with Crippen molar-refractivity contribution in [3.05, 3.63) is 90.2 Å². The first-order chi connectivity index (χ1) is 15.4. The lowest BCUT2D eigenvalue weighted by Gasteiger charge is -2.13. The maximum atomic E-state index is 13.5. The van der Waals surface area contributed by atoms with E-state index in [1.165, 1.54) is 42.3 Å². The van der Waals surface area contributed by atoms with E-state index in [0.717, 1.165) is 16.8 Å². The van der Waals surface area contributed by atoms with Crippen LogP contribution in [0.3, 0.4) is 0 Å². The van der Waals surface area contributed by atoms with Crippen LogP contribution < -0.4 is 0 Å². The van der Waals surface area contributed by atoms with Crippen molar-refractivity contribution < 1.29 is 12.8 Å². The standard InChI is InChI=1S/C23H21FN4O2S2/c1-27(2)32(29,30)21-10-6-7-17(15-21)16-31-23-26-25-22(18-8-4-3-5-9-18)28(23)20-13-11-19(24)12-14-20/h3-15H,16H2,1-2H3. The Bertz CT molecular complexity index is 1320. The molecule has 0 N–H and O–H groups in total. The molecule has 0 unspecified atom stereocenters. The van der Waals surface area contributed by atoms with E-state index >= 15 is 0 Å². The minimum atomic E-state index is -3.51. The number of nitrogens with zero attached hydrogens (tertiary/aromatic N) is 4. The highest BCUT2D eigenvalue weighted by molar-refractivity contribution is 7.98. The fraction of sp³-hybridized carbons (Fsp3) is 0.130. The summed E-state index contributed by atoms with van der Waals surface area (Å²) in [6, 6.07) is 22.6. The van der Waals surface area contributed by atoms with E-state index in [2.05, 4.69) is 10.2 Å². The summed E-state index contributed by atoms with van der Waals surface area (Å²) in [5.41, 5.74) is 2.46. The molecule has 32 heavy (non-hydrogen) atoms. The van der Waals surface area contributed by atoms with E-state index in [0.29, 0.717) is 16.7 Å². The predicted octanol–water partition coefficient (Wildman–Crippen LogP) is 4.62. The van der Waals surface area contributed by atoms with E-state index in [-0.39, 0.29) is 10.7 Å². The molecule has 0 fully saturated rings. The Morgan fingerprint density at radius 3 is 2.34 bits per heavy atom. The molecule has 0 bridgehead atoms. The Hall–Kier alpha value is -3.01. The van der Waals surface area contributed by atoms with Gasteiger partial charge in [0, 0.05) is 31.1 Å². The van der Waals surface area contributed by atoms with Crippen molar-refractivity contribution in [3.8, 4) is 17.1 Å². The van der Waals surface area contributed by atoms with Gasteiger partial charge in [0.2, 0.25) is 10.0 Å². The third kappa shape index (κ3) is 4.59. The summed E-state index contributed by atoms with van der Waals surface area (Å²) in [7, 11) is -0.500. The van der Waals surface area contributed by atoms with Gasteiger partial charge in [-0.25, -0.2) is 17.1 Å². The summed E-state index contributed by atoms with van der Waals surface area (Å²) in [5.74, 6) is 0.810. The van der Waals surface area contributed by atoms with Gasteiger partial charge in [-0.15, -0.1) is 10.2 Å². The highest BCUT2D eigenvalue weighted by Gasteiger charge is 2.19. The zero-order chi connectivity index (χ0) is 22.7. The van der Waals surface area contributed by atoms with Crippen molar-refractivity contribution in [2.45, 2.75) is 15.8 Å². The van der Waals surface area contributed by atoms with Gasteiger partial charge >= 0.3 is 0 Å². The van der Waals surface area contributed by atoms with Gasteiger partial charge in [-0.1, -0.05) is 54.2 Å². The highest BCUT2D eigenvalue weighted by atomic mass is 32.2. The quantitative estimate of drug-likeness (QED) is 0.371. The Balaban J connectivity index is 1.68. The molecule has 0 aliphatic rings. The molecule has 1 aromatic heterocycles. The first-order valence-corrected chi connectivity index (χ1v) is 12.2. The first kappa shape index (κ1) is 22.2. The topological polar surface area (TPSA) is 68.1 Å². The summed E-state index contributed by atoms with van der Waals surface area (Å²) in [6.07, 6.45) is 0. The van der Waals surface area contributed by atoms with Gasteiger partial charge in [0.1, 0.15) is 5.82 Å². The average Bonchev–Trinajstić information content (AvgIpc) is 3.23. The predicted molar refractivity (Wildman–Crippen MR) is 124 cm³/mol. The monoisotopic (exact) mass is 468 g/mol. The Kier molecular flexibility index (Phi) is 6.40. The lowest BCUT2D eigenvalue weighted by atomic mass is 10.2. The van der Waals surface area contributed by atoms with Crippen molar-refractivity contribution in [2.24, 2.45) is 0 Å². The number of hydrogen-bond acceptors (Lipinski definition) is 5. The van der Waals surface area contributed by atoms with Crippen molar-refractivity contribution in [1.82, 2.24) is 19.1 Å². The zero-order valence-corrected chi connectivity index (χ0v) is 19.1. The van der Waals surface area contributed by atoms with Crippen molar-refractivity contribution in [3.63, 3.8) is 0 Å². The Morgan fingerprint density at radius 2 is 1.66 bits per heavy atom. The van der Waals surface area contributed by atoms with E-state index in [4.69, 9.17) is 0 Å². The molecular weight excluding hydrogens is 447 g/mol. The van der Waals surface area contributed by atoms with Crippen LogP contribution in [-0.2, 0) is 15.8 Å². The molecule has 1 heterocycles. The minimum Gasteiger partial charge on any atom is -0.270 e. The third-order valence-corrected chi connectivity index (χ3v) is 7.61. The van der Waals surface area contributed by atoms with Gasteiger partial charge in [0.15, 0.2) is 11.0 Å². The smallest absolute Gasteiger partial charge is 0.242 e. The van der Waals surface area contributed by atoms with Crippen LogP contribution in [0.15, 0.2) is 88.9 Å². The molecule has 4 aromatic rings. The van der Waals surface area contributed by atoms with Crippen LogP contribution in [0, 0.1) is 5.82 Å². The number of thioether (sulfide) groups is 1. The molecule has 0 radical (unpaired) electrons. The Labute approximate surface area is 190 Å². The zero-order valence-electron chi connectivity index (χ0n) is 17.5. The minimum absolute atomic E-state index is 0.241. The summed E-state index contributed by atoms with van der Waals surface area (Å²) in [6.45, 7) is 0. The summed E-state index contributed by atoms with van der Waals surface area (Å²) in [5, 5.41) is 9.36. The molecule has 0 saturated heterocycles. The molecule has 9 heteroatoms. The number of hydrogen-bond donors (Lipinski definition) is 0. The molecule has 6 nitrogen and oxygen atoms in total. The van der Waals surface area contributed by atoms with Gasteiger partial charge in [-0.3, -0.25) is 4.57 Å². The molecule has 164 valence electrons. The maximum absolute atomic E-state index is 13.5.